The average molecular weight is 416 g/mol. The third kappa shape index (κ3) is 3.51. The fraction of sp³-hybridized carbons (Fsp3) is 0.333. The number of hydrogen-bond acceptors (Lipinski definition) is 4. The fourth-order valence-electron chi connectivity index (χ4n) is 3.23. The van der Waals surface area contributed by atoms with Gasteiger partial charge in [0.1, 0.15) is 16.4 Å². The lowest BCUT2D eigenvalue weighted by Crippen LogP contribution is -2.31. The third-order valence-corrected chi connectivity index (χ3v) is 7.11. The second-order valence-corrected chi connectivity index (χ2v) is 8.66. The molecule has 0 N–H and O–H groups in total. The SMILES string of the molecule is COc1ccc([C@@H]2CCCN2S(=O)(=O)c2cc(Cl)ccc2Cl)c(OC)c1. The largest absolute Gasteiger partial charge is 0.497 e. The molecule has 1 aliphatic rings. The van der Waals surface area contributed by atoms with Crippen LogP contribution in [-0.4, -0.2) is 33.5 Å². The summed E-state index contributed by atoms with van der Waals surface area (Å²) in [5.74, 6) is 1.24. The van der Waals surface area contributed by atoms with Gasteiger partial charge in [0.2, 0.25) is 10.0 Å². The van der Waals surface area contributed by atoms with Gasteiger partial charge < -0.3 is 9.47 Å². The zero-order chi connectivity index (χ0) is 18.9. The van der Waals surface area contributed by atoms with E-state index >= 15 is 0 Å². The molecular formula is C18H19Cl2NO4S. The van der Waals surface area contributed by atoms with Crippen LogP contribution >= 0.6 is 23.2 Å². The molecule has 0 saturated carbocycles. The van der Waals surface area contributed by atoms with Gasteiger partial charge in [0.25, 0.3) is 0 Å². The highest BCUT2D eigenvalue weighted by atomic mass is 35.5. The summed E-state index contributed by atoms with van der Waals surface area (Å²) in [6.07, 6.45) is 1.44. The maximum atomic E-state index is 13.2. The second kappa shape index (κ2) is 7.64. The Balaban J connectivity index is 2.04. The first kappa shape index (κ1) is 19.3. The molecule has 2 aromatic rings. The number of methoxy groups -OCH3 is 2. The molecule has 5 nitrogen and oxygen atoms in total. The Morgan fingerprint density at radius 1 is 1.08 bits per heavy atom. The number of halogens is 2. The van der Waals surface area contributed by atoms with Crippen molar-refractivity contribution >= 4 is 33.2 Å². The first-order valence-corrected chi connectivity index (χ1v) is 10.3. The Labute approximate surface area is 163 Å². The molecule has 0 aromatic heterocycles. The molecule has 0 spiro atoms. The molecule has 3 rings (SSSR count). The van der Waals surface area contributed by atoms with E-state index < -0.39 is 10.0 Å². The van der Waals surface area contributed by atoms with Crippen molar-refractivity contribution in [3.63, 3.8) is 0 Å². The average Bonchev–Trinajstić information content (AvgIpc) is 3.13. The summed E-state index contributed by atoms with van der Waals surface area (Å²) in [7, 11) is -0.673. The van der Waals surface area contributed by atoms with Gasteiger partial charge in [-0.25, -0.2) is 8.42 Å². The van der Waals surface area contributed by atoms with Crippen molar-refractivity contribution in [3.8, 4) is 11.5 Å². The summed E-state index contributed by atoms with van der Waals surface area (Å²) in [6, 6.07) is 9.51. The quantitative estimate of drug-likeness (QED) is 0.719. The normalized spacial score (nSPS) is 18.1. The first-order valence-electron chi connectivity index (χ1n) is 8.07. The molecule has 26 heavy (non-hydrogen) atoms. The fourth-order valence-corrected chi connectivity index (χ4v) is 5.65. The summed E-state index contributed by atoms with van der Waals surface area (Å²) in [6.45, 7) is 0.408. The monoisotopic (exact) mass is 415 g/mol. The van der Waals surface area contributed by atoms with Crippen LogP contribution < -0.4 is 9.47 Å². The van der Waals surface area contributed by atoms with Gasteiger partial charge in [-0.15, -0.1) is 0 Å². The smallest absolute Gasteiger partial charge is 0.245 e. The van der Waals surface area contributed by atoms with Crippen LogP contribution in [0.5, 0.6) is 11.5 Å². The standard InChI is InChI=1S/C18H19Cl2NO4S/c1-24-13-6-7-14(17(11-13)25-2)16-4-3-9-21(16)26(22,23)18-10-12(19)5-8-15(18)20/h5-8,10-11,16H,3-4,9H2,1-2H3/t16-/m0/s1. The van der Waals surface area contributed by atoms with E-state index in [2.05, 4.69) is 0 Å². The summed E-state index contributed by atoms with van der Waals surface area (Å²) in [5.41, 5.74) is 0.799. The van der Waals surface area contributed by atoms with E-state index in [1.165, 1.54) is 16.4 Å². The van der Waals surface area contributed by atoms with E-state index in [4.69, 9.17) is 32.7 Å². The molecule has 1 atom stereocenters. The van der Waals surface area contributed by atoms with E-state index in [-0.39, 0.29) is 16.0 Å². The number of hydrogen-bond donors (Lipinski definition) is 0. The highest BCUT2D eigenvalue weighted by molar-refractivity contribution is 7.89. The molecule has 0 unspecified atom stereocenters. The van der Waals surface area contributed by atoms with Gasteiger partial charge in [-0.1, -0.05) is 29.3 Å². The molecule has 1 fully saturated rings. The van der Waals surface area contributed by atoms with Gasteiger partial charge in [-0.2, -0.15) is 4.31 Å². The minimum atomic E-state index is -3.80. The number of sulfonamides is 1. The Hall–Kier alpha value is -1.47. The number of benzene rings is 2. The lowest BCUT2D eigenvalue weighted by Gasteiger charge is -2.26. The second-order valence-electron chi connectivity index (χ2n) is 5.96. The number of ether oxygens (including phenoxy) is 2. The molecular weight excluding hydrogens is 397 g/mol. The van der Waals surface area contributed by atoms with Gasteiger partial charge in [0.05, 0.1) is 25.3 Å². The van der Waals surface area contributed by atoms with Gasteiger partial charge in [0, 0.05) is 23.2 Å². The van der Waals surface area contributed by atoms with E-state index in [0.29, 0.717) is 29.5 Å². The molecule has 8 heteroatoms. The van der Waals surface area contributed by atoms with Crippen molar-refractivity contribution in [2.75, 3.05) is 20.8 Å². The summed E-state index contributed by atoms with van der Waals surface area (Å²) >= 11 is 12.1. The highest BCUT2D eigenvalue weighted by Gasteiger charge is 2.38. The molecule has 0 radical (unpaired) electrons. The Morgan fingerprint density at radius 2 is 1.85 bits per heavy atom. The van der Waals surface area contributed by atoms with Crippen molar-refractivity contribution in [3.05, 3.63) is 52.0 Å². The van der Waals surface area contributed by atoms with Crippen molar-refractivity contribution in [2.24, 2.45) is 0 Å². The summed E-state index contributed by atoms with van der Waals surface area (Å²) in [4.78, 5) is 0.0195. The van der Waals surface area contributed by atoms with Gasteiger partial charge in [-0.3, -0.25) is 0 Å². The zero-order valence-electron chi connectivity index (χ0n) is 14.4. The van der Waals surface area contributed by atoms with Crippen LogP contribution in [0.15, 0.2) is 41.3 Å². The third-order valence-electron chi connectivity index (χ3n) is 4.48. The predicted molar refractivity (Wildman–Crippen MR) is 102 cm³/mol. The van der Waals surface area contributed by atoms with Crippen LogP contribution in [0, 0.1) is 0 Å². The number of nitrogens with zero attached hydrogens (tertiary/aromatic N) is 1. The maximum absolute atomic E-state index is 13.2. The Bertz CT molecular complexity index is 917. The van der Waals surface area contributed by atoms with Crippen molar-refractivity contribution < 1.29 is 17.9 Å². The van der Waals surface area contributed by atoms with Crippen molar-refractivity contribution in [2.45, 2.75) is 23.8 Å². The lowest BCUT2D eigenvalue weighted by molar-refractivity contribution is 0.361. The predicted octanol–water partition coefficient (Wildman–Crippen LogP) is 4.54. The van der Waals surface area contributed by atoms with Crippen LogP contribution in [0.1, 0.15) is 24.4 Å². The summed E-state index contributed by atoms with van der Waals surface area (Å²) < 4.78 is 38.6. The lowest BCUT2D eigenvalue weighted by atomic mass is 10.0. The molecule has 0 amide bonds. The van der Waals surface area contributed by atoms with E-state index in [1.54, 1.807) is 32.4 Å². The molecule has 1 aliphatic heterocycles. The minimum absolute atomic E-state index is 0.0195. The van der Waals surface area contributed by atoms with Crippen molar-refractivity contribution in [1.82, 2.24) is 4.31 Å². The maximum Gasteiger partial charge on any atom is 0.245 e. The van der Waals surface area contributed by atoms with E-state index in [0.717, 1.165) is 12.0 Å². The van der Waals surface area contributed by atoms with Gasteiger partial charge >= 0.3 is 0 Å². The van der Waals surface area contributed by atoms with Gasteiger partial charge in [-0.05, 0) is 37.1 Å². The molecule has 0 bridgehead atoms. The summed E-state index contributed by atoms with van der Waals surface area (Å²) in [5, 5.41) is 0.479. The topological polar surface area (TPSA) is 55.8 Å². The molecule has 2 aromatic carbocycles. The molecule has 0 aliphatic carbocycles. The van der Waals surface area contributed by atoms with Crippen LogP contribution in [0.25, 0.3) is 0 Å². The van der Waals surface area contributed by atoms with Crippen LogP contribution in [-0.2, 0) is 10.0 Å². The minimum Gasteiger partial charge on any atom is -0.497 e. The Kier molecular flexibility index (Phi) is 5.67. The van der Waals surface area contributed by atoms with Crippen LogP contribution in [0.3, 0.4) is 0 Å². The van der Waals surface area contributed by atoms with Crippen LogP contribution in [0.2, 0.25) is 10.0 Å². The first-order chi connectivity index (χ1) is 12.4. The molecule has 1 heterocycles. The van der Waals surface area contributed by atoms with E-state index in [1.807, 2.05) is 6.07 Å². The van der Waals surface area contributed by atoms with Crippen molar-refractivity contribution in [1.29, 1.82) is 0 Å². The Morgan fingerprint density at radius 3 is 2.54 bits per heavy atom. The van der Waals surface area contributed by atoms with Gasteiger partial charge in [0.15, 0.2) is 0 Å². The highest BCUT2D eigenvalue weighted by Crippen LogP contribution is 2.42. The number of rotatable bonds is 5. The zero-order valence-corrected chi connectivity index (χ0v) is 16.7. The van der Waals surface area contributed by atoms with Crippen LogP contribution in [0.4, 0.5) is 0 Å². The van der Waals surface area contributed by atoms with E-state index in [9.17, 15) is 8.42 Å². The molecule has 140 valence electrons. The molecule has 1 saturated heterocycles.